The zero-order valence-electron chi connectivity index (χ0n) is 26.6. The Morgan fingerprint density at radius 2 is 1.53 bits per heavy atom. The molecule has 6 atom stereocenters. The molecule has 2 unspecified atom stereocenters. The molecule has 1 aliphatic rings. The summed E-state index contributed by atoms with van der Waals surface area (Å²) >= 11 is 1.61. The summed E-state index contributed by atoms with van der Waals surface area (Å²) in [4.78, 5) is 49.5. The highest BCUT2D eigenvalue weighted by Crippen LogP contribution is 2.49. The SMILES string of the molecule is CCCCC(c1ccc(-c2ccc(F)cc2)s1)c1cc(C2O[C@@H](COC(C)=O)[C@H](CC(=O)[O-])[C@H](CC(=O)[O-])[C@@H]2CC(=O)[O-])ccc1C. The van der Waals surface area contributed by atoms with Crippen LogP contribution in [-0.2, 0) is 28.7 Å². The normalized spacial score (nSPS) is 21.6. The van der Waals surface area contributed by atoms with Gasteiger partial charge >= 0.3 is 5.97 Å². The van der Waals surface area contributed by atoms with E-state index >= 15 is 0 Å². The number of carboxylic acid groups (broad SMARTS) is 3. The molecule has 0 saturated carbocycles. The van der Waals surface area contributed by atoms with Crippen molar-refractivity contribution in [1.82, 2.24) is 0 Å². The average molecular weight is 666 g/mol. The van der Waals surface area contributed by atoms with E-state index in [1.807, 2.05) is 25.1 Å². The molecule has 4 rings (SSSR count). The first-order chi connectivity index (χ1) is 22.4. The maximum Gasteiger partial charge on any atom is 0.302 e. The van der Waals surface area contributed by atoms with Crippen molar-refractivity contribution in [2.24, 2.45) is 17.8 Å². The Hall–Kier alpha value is -4.09. The zero-order valence-corrected chi connectivity index (χ0v) is 27.4. The molecule has 1 aliphatic heterocycles. The van der Waals surface area contributed by atoms with Crippen molar-refractivity contribution in [2.75, 3.05) is 6.61 Å². The summed E-state index contributed by atoms with van der Waals surface area (Å²) in [5, 5.41) is 35.7. The number of thiophene rings is 1. The minimum absolute atomic E-state index is 0.0426. The number of esters is 1. The number of halogens is 1. The fraction of sp³-hybridized carbons (Fsp3) is 0.444. The molecular weight excluding hydrogens is 627 g/mol. The van der Waals surface area contributed by atoms with Gasteiger partial charge in [0.25, 0.3) is 0 Å². The van der Waals surface area contributed by atoms with Crippen LogP contribution < -0.4 is 15.3 Å². The van der Waals surface area contributed by atoms with Gasteiger partial charge in [-0.25, -0.2) is 4.39 Å². The predicted octanol–water partition coefficient (Wildman–Crippen LogP) is 3.46. The lowest BCUT2D eigenvalue weighted by atomic mass is 9.68. The van der Waals surface area contributed by atoms with E-state index in [1.54, 1.807) is 29.5 Å². The molecule has 47 heavy (non-hydrogen) atoms. The van der Waals surface area contributed by atoms with E-state index in [2.05, 4.69) is 13.0 Å². The second-order valence-corrected chi connectivity index (χ2v) is 13.3. The van der Waals surface area contributed by atoms with Gasteiger partial charge in [-0.15, -0.1) is 11.3 Å². The van der Waals surface area contributed by atoms with E-state index in [0.717, 1.165) is 45.7 Å². The molecule has 1 fully saturated rings. The Kier molecular flexibility index (Phi) is 12.3. The molecule has 11 heteroatoms. The Balaban J connectivity index is 1.80. The molecule has 3 aromatic rings. The number of ether oxygens (including phenoxy) is 2. The van der Waals surface area contributed by atoms with Gasteiger partial charge in [0.05, 0.1) is 12.2 Å². The number of aliphatic carboxylic acids is 3. The van der Waals surface area contributed by atoms with Gasteiger partial charge in [0.1, 0.15) is 12.4 Å². The molecule has 0 N–H and O–H groups in total. The monoisotopic (exact) mass is 665 g/mol. The number of hydrogen-bond acceptors (Lipinski definition) is 10. The van der Waals surface area contributed by atoms with Gasteiger partial charge in [-0.05, 0) is 96.9 Å². The number of aryl methyl sites for hydroxylation is 1. The first-order valence-corrected chi connectivity index (χ1v) is 16.5. The lowest BCUT2D eigenvalue weighted by molar-refractivity contribution is -0.318. The van der Waals surface area contributed by atoms with E-state index in [9.17, 15) is 38.9 Å². The van der Waals surface area contributed by atoms with E-state index < -0.39 is 73.1 Å². The third-order valence-corrected chi connectivity index (χ3v) is 10.1. The van der Waals surface area contributed by atoms with Gasteiger partial charge < -0.3 is 39.2 Å². The van der Waals surface area contributed by atoms with Crippen LogP contribution in [0.5, 0.6) is 0 Å². The van der Waals surface area contributed by atoms with E-state index in [1.165, 1.54) is 19.1 Å². The topological polar surface area (TPSA) is 156 Å². The molecule has 252 valence electrons. The number of hydrogen-bond donors (Lipinski definition) is 0. The summed E-state index contributed by atoms with van der Waals surface area (Å²) in [6, 6.07) is 16.0. The molecule has 1 aromatic heterocycles. The molecule has 2 heterocycles. The molecule has 0 radical (unpaired) electrons. The number of rotatable bonds is 15. The highest BCUT2D eigenvalue weighted by molar-refractivity contribution is 7.15. The summed E-state index contributed by atoms with van der Waals surface area (Å²) in [6.07, 6.45) is -1.21. The molecule has 0 aliphatic carbocycles. The number of unbranched alkanes of at least 4 members (excludes halogenated alkanes) is 1. The fourth-order valence-electron chi connectivity index (χ4n) is 6.70. The zero-order chi connectivity index (χ0) is 34.2. The van der Waals surface area contributed by atoms with Crippen LogP contribution >= 0.6 is 11.3 Å². The van der Waals surface area contributed by atoms with Crippen LogP contribution in [0.4, 0.5) is 4.39 Å². The van der Waals surface area contributed by atoms with Gasteiger partial charge in [0.2, 0.25) is 0 Å². The summed E-state index contributed by atoms with van der Waals surface area (Å²) in [6.45, 7) is 4.90. The second kappa shape index (κ2) is 16.1. The minimum atomic E-state index is -1.48. The summed E-state index contributed by atoms with van der Waals surface area (Å²) < 4.78 is 25.2. The first-order valence-electron chi connectivity index (χ1n) is 15.7. The third kappa shape index (κ3) is 9.26. The smallest absolute Gasteiger partial charge is 0.302 e. The highest BCUT2D eigenvalue weighted by atomic mass is 32.1. The van der Waals surface area contributed by atoms with Crippen molar-refractivity contribution in [3.8, 4) is 10.4 Å². The Morgan fingerprint density at radius 1 is 0.894 bits per heavy atom. The summed E-state index contributed by atoms with van der Waals surface area (Å²) in [5.74, 6) is -8.45. The largest absolute Gasteiger partial charge is 0.550 e. The van der Waals surface area contributed by atoms with Crippen LogP contribution in [0.25, 0.3) is 10.4 Å². The molecule has 9 nitrogen and oxygen atoms in total. The van der Waals surface area contributed by atoms with Crippen LogP contribution in [0.15, 0.2) is 54.6 Å². The van der Waals surface area contributed by atoms with Crippen LogP contribution in [0.1, 0.15) is 86.0 Å². The molecule has 1 saturated heterocycles. The van der Waals surface area contributed by atoms with Crippen molar-refractivity contribution in [3.05, 3.63) is 82.0 Å². The van der Waals surface area contributed by atoms with Gasteiger partial charge in [-0.3, -0.25) is 4.79 Å². The lowest BCUT2D eigenvalue weighted by Gasteiger charge is -2.48. The van der Waals surface area contributed by atoms with Crippen LogP contribution in [0.3, 0.4) is 0 Å². The molecule has 0 amide bonds. The van der Waals surface area contributed by atoms with Gasteiger partial charge in [-0.2, -0.15) is 0 Å². The third-order valence-electron chi connectivity index (χ3n) is 8.90. The number of benzene rings is 2. The van der Waals surface area contributed by atoms with Crippen LogP contribution in [0.2, 0.25) is 0 Å². The minimum Gasteiger partial charge on any atom is -0.550 e. The van der Waals surface area contributed by atoms with E-state index in [0.29, 0.717) is 5.56 Å². The Labute approximate surface area is 277 Å². The Morgan fingerprint density at radius 3 is 2.15 bits per heavy atom. The van der Waals surface area contributed by atoms with Gasteiger partial charge in [0.15, 0.2) is 0 Å². The maximum atomic E-state index is 13.6. The maximum absolute atomic E-state index is 13.6. The molecule has 0 bridgehead atoms. The van der Waals surface area contributed by atoms with Crippen molar-refractivity contribution in [3.63, 3.8) is 0 Å². The molecule has 2 aromatic carbocycles. The summed E-state index contributed by atoms with van der Waals surface area (Å²) in [7, 11) is 0. The quantitative estimate of drug-likeness (QED) is 0.222. The average Bonchev–Trinajstić information content (AvgIpc) is 3.49. The van der Waals surface area contributed by atoms with E-state index in [4.69, 9.17) is 9.47 Å². The van der Waals surface area contributed by atoms with Gasteiger partial charge in [-0.1, -0.05) is 50.1 Å². The first kappa shape index (κ1) is 35.8. The summed E-state index contributed by atoms with van der Waals surface area (Å²) in [5.41, 5.74) is 3.43. The van der Waals surface area contributed by atoms with E-state index in [-0.39, 0.29) is 18.3 Å². The van der Waals surface area contributed by atoms with Crippen molar-refractivity contribution in [2.45, 2.75) is 77.4 Å². The standard InChI is InChI=1S/C36H41FO9S/c1-4-5-6-25(32-14-13-31(47-32)22-9-11-24(37)12-10-22)26-15-23(8-7-20(26)2)36-29(18-35(43)44)27(16-33(39)40)28(17-34(41)42)30(46-36)19-45-21(3)38/h7-15,25,27-30,36H,4-6,16-19H2,1-3H3,(H,39,40)(H,41,42)(H,43,44)/p-3/t25?,27-,28+,29-,30-,36?/m0/s1. The van der Waals surface area contributed by atoms with Crippen LogP contribution in [0, 0.1) is 30.5 Å². The number of carboxylic acids is 3. The van der Waals surface area contributed by atoms with Crippen molar-refractivity contribution in [1.29, 1.82) is 0 Å². The second-order valence-electron chi connectivity index (χ2n) is 12.1. The molecular formula is C36H38FO9S-3. The Bertz CT molecular complexity index is 1570. The van der Waals surface area contributed by atoms with Crippen molar-refractivity contribution >= 4 is 35.2 Å². The lowest BCUT2D eigenvalue weighted by Crippen LogP contribution is -2.50. The van der Waals surface area contributed by atoms with Crippen molar-refractivity contribution < 1.29 is 48.4 Å². The van der Waals surface area contributed by atoms with Crippen LogP contribution in [-0.4, -0.2) is 36.6 Å². The number of carbonyl (C=O) groups is 4. The van der Waals surface area contributed by atoms with Gasteiger partial charge in [0, 0.05) is 40.5 Å². The molecule has 0 spiro atoms. The predicted molar refractivity (Wildman–Crippen MR) is 166 cm³/mol. The fourth-order valence-corrected chi connectivity index (χ4v) is 7.86. The highest BCUT2D eigenvalue weighted by Gasteiger charge is 2.46. The number of carbonyl (C=O) groups excluding carboxylic acids is 4.